The summed E-state index contributed by atoms with van der Waals surface area (Å²) in [5, 5.41) is 11.7. The Balaban J connectivity index is 2.83. The van der Waals surface area contributed by atoms with E-state index in [0.29, 0.717) is 5.52 Å². The predicted octanol–water partition coefficient (Wildman–Crippen LogP) is 1.77. The first-order valence-corrected chi connectivity index (χ1v) is 3.23. The molecule has 0 saturated carbocycles. The van der Waals surface area contributed by atoms with Gasteiger partial charge in [-0.1, -0.05) is 0 Å². The molecule has 2 aromatic rings. The maximum Gasteiger partial charge on any atom is 0.180 e. The first-order chi connectivity index (χ1) is 5.36. The average Bonchev–Trinajstić information content (AvgIpc) is 2.04. The van der Waals surface area contributed by atoms with E-state index >= 15 is 0 Å². The Morgan fingerprint density at radius 2 is 2.18 bits per heavy atom. The number of rotatable bonds is 0. The molecule has 53 valence electrons. The van der Waals surface area contributed by atoms with Crippen LogP contribution in [0.2, 0.25) is 0 Å². The second kappa shape index (κ2) is 2.20. The molecule has 0 unspecified atom stereocenters. The van der Waals surface area contributed by atoms with Gasteiger partial charge in [0, 0.05) is 17.6 Å². The number of hydrogen-bond acceptors (Lipinski definition) is 2. The molecule has 0 saturated heterocycles. The number of fused-ring (bicyclic) bond motifs is 1. The predicted molar refractivity (Wildman–Crippen MR) is 39.7 cm³/mol. The highest BCUT2D eigenvalue weighted by atomic mass is 16.3. The smallest absolute Gasteiger partial charge is 0.180 e. The number of aromatic nitrogens is 2. The minimum atomic E-state index is -0.0174. The summed E-state index contributed by atoms with van der Waals surface area (Å²) in [6.45, 7) is 0. The van der Waals surface area contributed by atoms with Gasteiger partial charge >= 0.3 is 0 Å². The molecular weight excluding hydrogens is 140 g/mol. The van der Waals surface area contributed by atoms with Gasteiger partial charge in [-0.05, 0) is 12.1 Å². The molecule has 11 heavy (non-hydrogen) atoms. The topological polar surface area (TPSA) is 45.7 Å². The minimum absolute atomic E-state index is 0.0174. The molecule has 0 atom stereocenters. The molecule has 0 fully saturated rings. The summed E-state index contributed by atoms with van der Waals surface area (Å²) in [6.07, 6.45) is 3.11. The first kappa shape index (κ1) is 6.09. The Kier molecular flexibility index (Phi) is 1.22. The third kappa shape index (κ3) is 1.00. The van der Waals surface area contributed by atoms with Crippen LogP contribution < -0.4 is 0 Å². The van der Waals surface area contributed by atoms with Crippen LogP contribution in [0.5, 0.6) is 5.75 Å². The summed E-state index contributed by atoms with van der Waals surface area (Å²) in [4.78, 5) is 7.76. The van der Waals surface area contributed by atoms with Gasteiger partial charge in [0.05, 0.1) is 5.52 Å². The van der Waals surface area contributed by atoms with Crippen molar-refractivity contribution >= 4 is 10.9 Å². The van der Waals surface area contributed by atoms with Crippen LogP contribution in [0.15, 0.2) is 30.7 Å². The van der Waals surface area contributed by atoms with Crippen LogP contribution in [0.25, 0.3) is 10.9 Å². The zero-order valence-electron chi connectivity index (χ0n) is 5.69. The molecule has 2 rings (SSSR count). The van der Waals surface area contributed by atoms with Crippen LogP contribution in [0.3, 0.4) is 0 Å². The lowest BCUT2D eigenvalue weighted by Crippen LogP contribution is -1.78. The standard InChI is InChI=1S/C8H5N2O/c11-7-2-1-6-4-9-5-10-8(6)3-7/h1-5H. The van der Waals surface area contributed by atoms with E-state index in [1.165, 1.54) is 18.5 Å². The molecule has 3 nitrogen and oxygen atoms in total. The molecule has 0 bridgehead atoms. The van der Waals surface area contributed by atoms with Crippen molar-refractivity contribution in [1.29, 1.82) is 0 Å². The monoisotopic (exact) mass is 145 g/mol. The summed E-state index contributed by atoms with van der Waals surface area (Å²) in [7, 11) is 0. The van der Waals surface area contributed by atoms with Crippen LogP contribution in [-0.4, -0.2) is 9.97 Å². The van der Waals surface area contributed by atoms with Crippen molar-refractivity contribution in [3.8, 4) is 5.75 Å². The van der Waals surface area contributed by atoms with E-state index < -0.39 is 0 Å². The molecule has 1 aromatic heterocycles. The molecule has 1 aromatic carbocycles. The van der Waals surface area contributed by atoms with Gasteiger partial charge in [-0.2, -0.15) is 0 Å². The third-order valence-corrected chi connectivity index (χ3v) is 1.48. The van der Waals surface area contributed by atoms with E-state index in [-0.39, 0.29) is 5.75 Å². The van der Waals surface area contributed by atoms with Crippen molar-refractivity contribution < 1.29 is 5.11 Å². The van der Waals surface area contributed by atoms with Gasteiger partial charge in [0.15, 0.2) is 5.75 Å². The van der Waals surface area contributed by atoms with Gasteiger partial charge in [-0.15, -0.1) is 0 Å². The van der Waals surface area contributed by atoms with Crippen LogP contribution in [0.1, 0.15) is 0 Å². The van der Waals surface area contributed by atoms with Crippen LogP contribution in [0.4, 0.5) is 0 Å². The largest absolute Gasteiger partial charge is 0.290 e. The number of hydrogen-bond donors (Lipinski definition) is 0. The molecule has 0 N–H and O–H groups in total. The van der Waals surface area contributed by atoms with Crippen LogP contribution >= 0.6 is 0 Å². The van der Waals surface area contributed by atoms with Crippen molar-refractivity contribution in [1.82, 2.24) is 9.97 Å². The first-order valence-electron chi connectivity index (χ1n) is 3.23. The zero-order chi connectivity index (χ0) is 7.68. The van der Waals surface area contributed by atoms with E-state index in [9.17, 15) is 5.11 Å². The Morgan fingerprint density at radius 3 is 3.09 bits per heavy atom. The summed E-state index contributed by atoms with van der Waals surface area (Å²) in [5.74, 6) is -0.0174. The molecular formula is C8H5N2O. The highest BCUT2D eigenvalue weighted by molar-refractivity contribution is 5.78. The second-order valence-corrected chi connectivity index (χ2v) is 2.24. The minimum Gasteiger partial charge on any atom is -0.290 e. The van der Waals surface area contributed by atoms with Gasteiger partial charge in [-0.3, -0.25) is 5.11 Å². The van der Waals surface area contributed by atoms with Crippen LogP contribution in [0, 0.1) is 0 Å². The van der Waals surface area contributed by atoms with Gasteiger partial charge < -0.3 is 0 Å². The Hall–Kier alpha value is -1.64. The molecule has 3 heteroatoms. The van der Waals surface area contributed by atoms with E-state index in [0.717, 1.165) is 5.39 Å². The van der Waals surface area contributed by atoms with Crippen LogP contribution in [-0.2, 0) is 5.11 Å². The lowest BCUT2D eigenvalue weighted by atomic mass is 10.2. The maximum absolute atomic E-state index is 10.8. The quantitative estimate of drug-likeness (QED) is 0.567. The molecule has 1 heterocycles. The highest BCUT2D eigenvalue weighted by Gasteiger charge is 1.95. The third-order valence-electron chi connectivity index (χ3n) is 1.48. The summed E-state index contributed by atoms with van der Waals surface area (Å²) in [5.41, 5.74) is 0.701. The zero-order valence-corrected chi connectivity index (χ0v) is 5.69. The Morgan fingerprint density at radius 1 is 1.27 bits per heavy atom. The fourth-order valence-electron chi connectivity index (χ4n) is 0.954. The van der Waals surface area contributed by atoms with Gasteiger partial charge in [0.25, 0.3) is 0 Å². The fraction of sp³-hybridized carbons (Fsp3) is 0. The van der Waals surface area contributed by atoms with Crippen molar-refractivity contribution in [2.75, 3.05) is 0 Å². The van der Waals surface area contributed by atoms with E-state index in [1.54, 1.807) is 12.3 Å². The highest BCUT2D eigenvalue weighted by Crippen LogP contribution is 2.16. The fourth-order valence-corrected chi connectivity index (χ4v) is 0.954. The van der Waals surface area contributed by atoms with E-state index in [1.807, 2.05) is 0 Å². The lowest BCUT2D eigenvalue weighted by Gasteiger charge is -1.92. The lowest BCUT2D eigenvalue weighted by molar-refractivity contribution is 0.355. The van der Waals surface area contributed by atoms with Crippen molar-refractivity contribution in [2.45, 2.75) is 0 Å². The molecule has 0 amide bonds. The number of benzene rings is 1. The Bertz CT molecular complexity index is 387. The molecule has 0 aliphatic rings. The summed E-state index contributed by atoms with van der Waals surface area (Å²) < 4.78 is 0. The molecule has 1 radical (unpaired) electrons. The molecule has 0 aliphatic heterocycles. The second-order valence-electron chi connectivity index (χ2n) is 2.24. The SMILES string of the molecule is [O]c1ccc2cncnc2c1. The average molecular weight is 145 g/mol. The van der Waals surface area contributed by atoms with Crippen molar-refractivity contribution in [3.05, 3.63) is 30.7 Å². The molecule has 0 aliphatic carbocycles. The summed E-state index contributed by atoms with van der Waals surface area (Å²) in [6, 6.07) is 4.72. The summed E-state index contributed by atoms with van der Waals surface area (Å²) >= 11 is 0. The number of nitrogens with zero attached hydrogens (tertiary/aromatic N) is 2. The van der Waals surface area contributed by atoms with Gasteiger partial charge in [0.1, 0.15) is 6.33 Å². The van der Waals surface area contributed by atoms with E-state index in [2.05, 4.69) is 9.97 Å². The van der Waals surface area contributed by atoms with E-state index in [4.69, 9.17) is 0 Å². The molecule has 0 spiro atoms. The van der Waals surface area contributed by atoms with Gasteiger partial charge in [0.2, 0.25) is 0 Å². The van der Waals surface area contributed by atoms with Crippen molar-refractivity contribution in [2.24, 2.45) is 0 Å². The van der Waals surface area contributed by atoms with Gasteiger partial charge in [-0.25, -0.2) is 9.97 Å². The maximum atomic E-state index is 10.8. The Labute approximate surface area is 63.3 Å². The normalized spacial score (nSPS) is 10.2. The van der Waals surface area contributed by atoms with Crippen molar-refractivity contribution in [3.63, 3.8) is 0 Å².